The van der Waals surface area contributed by atoms with E-state index in [-0.39, 0.29) is 11.9 Å². The van der Waals surface area contributed by atoms with Crippen molar-refractivity contribution in [1.82, 2.24) is 10.2 Å². The molecule has 0 aliphatic carbocycles. The SMILES string of the molecule is N[C@H]1CCNC[C@@]1(CCc1ccccc1)C(=O)N1CCSC1. The average molecular weight is 319 g/mol. The standard InChI is InChI=1S/C17H25N3OS/c18-15-7-9-19-12-17(15,16(21)20-10-11-22-13-20)8-6-14-4-2-1-3-5-14/h1-5,15,19H,6-13,18H2/t15-,17+/m0/s1. The van der Waals surface area contributed by atoms with Gasteiger partial charge in [0.15, 0.2) is 0 Å². The van der Waals surface area contributed by atoms with Gasteiger partial charge >= 0.3 is 0 Å². The smallest absolute Gasteiger partial charge is 0.232 e. The molecule has 0 bridgehead atoms. The summed E-state index contributed by atoms with van der Waals surface area (Å²) in [6.07, 6.45) is 2.61. The summed E-state index contributed by atoms with van der Waals surface area (Å²) in [4.78, 5) is 15.1. The van der Waals surface area contributed by atoms with Gasteiger partial charge in [-0.2, -0.15) is 0 Å². The van der Waals surface area contributed by atoms with Crippen LogP contribution in [0.15, 0.2) is 30.3 Å². The first kappa shape index (κ1) is 15.8. The third-order valence-corrected chi connectivity index (χ3v) is 5.92. The average Bonchev–Trinajstić information content (AvgIpc) is 3.09. The molecule has 4 nitrogen and oxygen atoms in total. The molecular formula is C17H25N3OS. The van der Waals surface area contributed by atoms with Crippen LogP contribution in [-0.4, -0.2) is 48.1 Å². The molecule has 3 rings (SSSR count). The Morgan fingerprint density at radius 3 is 2.91 bits per heavy atom. The van der Waals surface area contributed by atoms with Gasteiger partial charge in [-0.25, -0.2) is 0 Å². The second kappa shape index (κ2) is 7.02. The quantitative estimate of drug-likeness (QED) is 0.882. The van der Waals surface area contributed by atoms with Crippen molar-refractivity contribution < 1.29 is 4.79 Å². The molecule has 0 unspecified atom stereocenters. The predicted octanol–water partition coefficient (Wildman–Crippen LogP) is 1.46. The third kappa shape index (κ3) is 3.16. The summed E-state index contributed by atoms with van der Waals surface area (Å²) in [5.41, 5.74) is 7.29. The van der Waals surface area contributed by atoms with Gasteiger partial charge in [0.25, 0.3) is 0 Å². The maximum Gasteiger partial charge on any atom is 0.232 e. The van der Waals surface area contributed by atoms with Gasteiger partial charge in [0.05, 0.1) is 11.3 Å². The first-order chi connectivity index (χ1) is 10.7. The molecule has 2 heterocycles. The molecule has 1 aromatic carbocycles. The topological polar surface area (TPSA) is 58.4 Å². The molecule has 2 aliphatic heterocycles. The van der Waals surface area contributed by atoms with Crippen LogP contribution in [0.2, 0.25) is 0 Å². The Morgan fingerprint density at radius 2 is 2.23 bits per heavy atom. The Hall–Kier alpha value is -1.04. The number of aryl methyl sites for hydroxylation is 1. The van der Waals surface area contributed by atoms with Crippen LogP contribution in [-0.2, 0) is 11.2 Å². The van der Waals surface area contributed by atoms with Gasteiger partial charge in [-0.3, -0.25) is 4.79 Å². The molecule has 120 valence electrons. The van der Waals surface area contributed by atoms with Gasteiger partial charge in [-0.1, -0.05) is 30.3 Å². The van der Waals surface area contributed by atoms with E-state index in [1.807, 2.05) is 22.7 Å². The molecule has 2 atom stereocenters. The molecule has 5 heteroatoms. The molecule has 1 aromatic rings. The van der Waals surface area contributed by atoms with E-state index in [2.05, 4.69) is 29.6 Å². The van der Waals surface area contributed by atoms with Crippen LogP contribution >= 0.6 is 11.8 Å². The molecule has 0 radical (unpaired) electrons. The summed E-state index contributed by atoms with van der Waals surface area (Å²) in [7, 11) is 0. The van der Waals surface area contributed by atoms with Crippen LogP contribution < -0.4 is 11.1 Å². The monoisotopic (exact) mass is 319 g/mol. The zero-order valence-corrected chi connectivity index (χ0v) is 13.8. The lowest BCUT2D eigenvalue weighted by Gasteiger charge is -2.43. The van der Waals surface area contributed by atoms with Gasteiger partial charge in [0, 0.05) is 24.9 Å². The van der Waals surface area contributed by atoms with Crippen LogP contribution in [0, 0.1) is 5.41 Å². The van der Waals surface area contributed by atoms with Crippen molar-refractivity contribution in [3.05, 3.63) is 35.9 Å². The first-order valence-electron chi connectivity index (χ1n) is 8.10. The normalized spacial score (nSPS) is 28.8. The highest BCUT2D eigenvalue weighted by Gasteiger charge is 2.47. The van der Waals surface area contributed by atoms with Gasteiger partial charge in [-0.05, 0) is 31.4 Å². The largest absolute Gasteiger partial charge is 0.332 e. The van der Waals surface area contributed by atoms with E-state index in [9.17, 15) is 4.79 Å². The van der Waals surface area contributed by atoms with E-state index in [0.717, 1.165) is 44.0 Å². The van der Waals surface area contributed by atoms with Crippen molar-refractivity contribution in [3.8, 4) is 0 Å². The van der Waals surface area contributed by atoms with Gasteiger partial charge in [-0.15, -0.1) is 11.8 Å². The Balaban J connectivity index is 1.78. The lowest BCUT2D eigenvalue weighted by atomic mass is 9.71. The van der Waals surface area contributed by atoms with Crippen LogP contribution in [0.3, 0.4) is 0 Å². The number of amides is 1. The Labute approximate surface area is 136 Å². The minimum absolute atomic E-state index is 0.0458. The Bertz CT molecular complexity index is 504. The van der Waals surface area contributed by atoms with E-state index >= 15 is 0 Å². The highest BCUT2D eigenvalue weighted by Crippen LogP contribution is 2.35. The fourth-order valence-corrected chi connectivity index (χ4v) is 4.44. The number of carbonyl (C=O) groups is 1. The van der Waals surface area contributed by atoms with Crippen LogP contribution in [0.5, 0.6) is 0 Å². The third-order valence-electron chi connectivity index (χ3n) is 4.95. The highest BCUT2D eigenvalue weighted by molar-refractivity contribution is 7.99. The second-order valence-electron chi connectivity index (χ2n) is 6.32. The van der Waals surface area contributed by atoms with E-state index in [0.29, 0.717) is 6.54 Å². The molecule has 22 heavy (non-hydrogen) atoms. The maximum atomic E-state index is 13.1. The van der Waals surface area contributed by atoms with Crippen molar-refractivity contribution >= 4 is 17.7 Å². The Kier molecular flexibility index (Phi) is 5.06. The summed E-state index contributed by atoms with van der Waals surface area (Å²) in [6, 6.07) is 10.4. The molecule has 0 aromatic heterocycles. The molecule has 0 spiro atoms. The van der Waals surface area contributed by atoms with E-state index < -0.39 is 5.41 Å². The van der Waals surface area contributed by atoms with Gasteiger partial charge < -0.3 is 16.0 Å². The summed E-state index contributed by atoms with van der Waals surface area (Å²) in [5.74, 6) is 2.12. The molecule has 2 aliphatic rings. The highest BCUT2D eigenvalue weighted by atomic mass is 32.2. The van der Waals surface area contributed by atoms with Crippen LogP contribution in [0.4, 0.5) is 0 Å². The molecule has 2 fully saturated rings. The number of nitrogens with zero attached hydrogens (tertiary/aromatic N) is 1. The molecule has 0 saturated carbocycles. The van der Waals surface area contributed by atoms with E-state index in [4.69, 9.17) is 5.73 Å². The summed E-state index contributed by atoms with van der Waals surface area (Å²) in [6.45, 7) is 2.49. The zero-order valence-electron chi connectivity index (χ0n) is 13.0. The number of hydrogen-bond donors (Lipinski definition) is 2. The number of hydrogen-bond acceptors (Lipinski definition) is 4. The number of benzene rings is 1. The molecular weight excluding hydrogens is 294 g/mol. The van der Waals surface area contributed by atoms with Crippen molar-refractivity contribution in [3.63, 3.8) is 0 Å². The number of thioether (sulfide) groups is 1. The zero-order chi connectivity index (χ0) is 15.4. The molecule has 3 N–H and O–H groups in total. The minimum atomic E-state index is -0.445. The fourth-order valence-electron chi connectivity index (χ4n) is 3.49. The number of nitrogens with one attached hydrogen (secondary N) is 1. The maximum absolute atomic E-state index is 13.1. The summed E-state index contributed by atoms with van der Waals surface area (Å²) >= 11 is 1.83. The van der Waals surface area contributed by atoms with E-state index in [1.54, 1.807) is 0 Å². The van der Waals surface area contributed by atoms with Crippen LogP contribution in [0.1, 0.15) is 18.4 Å². The minimum Gasteiger partial charge on any atom is -0.332 e. The number of piperidine rings is 1. The first-order valence-corrected chi connectivity index (χ1v) is 9.25. The van der Waals surface area contributed by atoms with Crippen LogP contribution in [0.25, 0.3) is 0 Å². The van der Waals surface area contributed by atoms with Gasteiger partial charge in [0.2, 0.25) is 5.91 Å². The second-order valence-corrected chi connectivity index (χ2v) is 7.39. The van der Waals surface area contributed by atoms with Crippen molar-refractivity contribution in [2.45, 2.75) is 25.3 Å². The van der Waals surface area contributed by atoms with Crippen molar-refractivity contribution in [2.75, 3.05) is 31.3 Å². The molecule has 1 amide bonds. The summed E-state index contributed by atoms with van der Waals surface area (Å²) in [5, 5.41) is 3.41. The van der Waals surface area contributed by atoms with Crippen molar-refractivity contribution in [1.29, 1.82) is 0 Å². The number of rotatable bonds is 4. The van der Waals surface area contributed by atoms with Gasteiger partial charge in [0.1, 0.15) is 0 Å². The lowest BCUT2D eigenvalue weighted by Crippen LogP contribution is -2.61. The predicted molar refractivity (Wildman–Crippen MR) is 91.7 cm³/mol. The van der Waals surface area contributed by atoms with E-state index in [1.165, 1.54) is 5.56 Å². The number of carbonyl (C=O) groups excluding carboxylic acids is 1. The lowest BCUT2D eigenvalue weighted by molar-refractivity contribution is -0.143. The fraction of sp³-hybridized carbons (Fsp3) is 0.588. The van der Waals surface area contributed by atoms with Crippen molar-refractivity contribution in [2.24, 2.45) is 11.1 Å². The Morgan fingerprint density at radius 1 is 1.41 bits per heavy atom. The summed E-state index contributed by atoms with van der Waals surface area (Å²) < 4.78 is 0. The molecule has 2 saturated heterocycles. The number of nitrogens with two attached hydrogens (primary N) is 1.